The molecule has 0 saturated heterocycles. The van der Waals surface area contributed by atoms with E-state index in [0.717, 1.165) is 28.4 Å². The number of hydrogen-bond acceptors (Lipinski definition) is 4. The zero-order chi connectivity index (χ0) is 22.6. The summed E-state index contributed by atoms with van der Waals surface area (Å²) in [6.45, 7) is 4.75. The molecule has 2 aromatic rings. The normalized spacial score (nSPS) is 11.6. The molecule has 0 heterocycles. The molecule has 0 spiro atoms. The van der Waals surface area contributed by atoms with Gasteiger partial charge in [0, 0.05) is 29.4 Å². The summed E-state index contributed by atoms with van der Waals surface area (Å²) in [6.07, 6.45) is 1.69. The molecule has 5 nitrogen and oxygen atoms in total. The van der Waals surface area contributed by atoms with Gasteiger partial charge in [-0.2, -0.15) is 0 Å². The first-order chi connectivity index (χ1) is 15.0. The summed E-state index contributed by atoms with van der Waals surface area (Å²) < 4.78 is 5.21. The van der Waals surface area contributed by atoms with Gasteiger partial charge in [0.1, 0.15) is 11.8 Å². The minimum atomic E-state index is -0.488. The zero-order valence-corrected chi connectivity index (χ0v) is 20.0. The van der Waals surface area contributed by atoms with E-state index in [1.807, 2.05) is 62.4 Å². The molecule has 0 saturated carbocycles. The zero-order valence-electron chi connectivity index (χ0n) is 18.4. The molecule has 2 aromatic carbocycles. The van der Waals surface area contributed by atoms with Crippen molar-refractivity contribution in [1.29, 1.82) is 0 Å². The highest BCUT2D eigenvalue weighted by Gasteiger charge is 2.27. The number of amides is 2. The highest BCUT2D eigenvalue weighted by atomic mass is 35.5. The predicted molar refractivity (Wildman–Crippen MR) is 128 cm³/mol. The molecule has 0 radical (unpaired) electrons. The van der Waals surface area contributed by atoms with Gasteiger partial charge in [-0.1, -0.05) is 30.7 Å². The average Bonchev–Trinajstić information content (AvgIpc) is 2.78. The van der Waals surface area contributed by atoms with Gasteiger partial charge in [0.15, 0.2) is 0 Å². The van der Waals surface area contributed by atoms with Crippen molar-refractivity contribution in [1.82, 2.24) is 10.2 Å². The van der Waals surface area contributed by atoms with Crippen molar-refractivity contribution in [2.24, 2.45) is 0 Å². The number of benzene rings is 2. The molecule has 2 rings (SSSR count). The van der Waals surface area contributed by atoms with Crippen molar-refractivity contribution >= 4 is 35.2 Å². The number of rotatable bonds is 12. The van der Waals surface area contributed by atoms with Crippen LogP contribution in [0.4, 0.5) is 0 Å². The smallest absolute Gasteiger partial charge is 0.242 e. The number of carbonyl (C=O) groups excluding carboxylic acids is 2. The van der Waals surface area contributed by atoms with Gasteiger partial charge in [-0.3, -0.25) is 9.59 Å². The summed E-state index contributed by atoms with van der Waals surface area (Å²) in [5.74, 6) is 1.46. The average molecular weight is 463 g/mol. The predicted octanol–water partition coefficient (Wildman–Crippen LogP) is 5.16. The van der Waals surface area contributed by atoms with E-state index in [4.69, 9.17) is 16.3 Å². The number of likely N-dealkylation sites (N-methyl/N-ethyl adjacent to an activating group) is 1. The lowest BCUT2D eigenvalue weighted by Gasteiger charge is -2.30. The van der Waals surface area contributed by atoms with Crippen LogP contribution < -0.4 is 10.1 Å². The van der Waals surface area contributed by atoms with Crippen LogP contribution in [0.25, 0.3) is 0 Å². The molecule has 1 N–H and O–H groups in total. The second kappa shape index (κ2) is 13.3. The fourth-order valence-corrected chi connectivity index (χ4v) is 4.21. The lowest BCUT2D eigenvalue weighted by atomic mass is 10.1. The first-order valence-electron chi connectivity index (χ1n) is 10.6. The lowest BCUT2D eigenvalue weighted by molar-refractivity contribution is -0.141. The minimum absolute atomic E-state index is 0.00868. The van der Waals surface area contributed by atoms with E-state index in [0.29, 0.717) is 31.0 Å². The molecule has 1 unspecified atom stereocenters. The highest BCUT2D eigenvalue weighted by molar-refractivity contribution is 7.99. The van der Waals surface area contributed by atoms with Crippen molar-refractivity contribution in [3.8, 4) is 5.75 Å². The third-order valence-corrected chi connectivity index (χ3v) is 6.22. The number of hydrogen-bond donors (Lipinski definition) is 1. The Morgan fingerprint density at radius 3 is 2.35 bits per heavy atom. The Morgan fingerprint density at radius 1 is 1.10 bits per heavy atom. The Kier molecular flexibility index (Phi) is 10.7. The van der Waals surface area contributed by atoms with Crippen LogP contribution in [-0.2, 0) is 16.1 Å². The van der Waals surface area contributed by atoms with Gasteiger partial charge in [0.25, 0.3) is 0 Å². The maximum absolute atomic E-state index is 13.1. The number of ether oxygens (including phenoxy) is 1. The summed E-state index contributed by atoms with van der Waals surface area (Å²) in [4.78, 5) is 28.6. The van der Waals surface area contributed by atoms with Crippen molar-refractivity contribution in [2.75, 3.05) is 19.4 Å². The monoisotopic (exact) mass is 462 g/mol. The van der Waals surface area contributed by atoms with Gasteiger partial charge < -0.3 is 15.0 Å². The minimum Gasteiger partial charge on any atom is -0.497 e. The van der Waals surface area contributed by atoms with Crippen LogP contribution in [0.5, 0.6) is 5.75 Å². The third-order valence-electron chi connectivity index (χ3n) is 4.87. The fraction of sp³-hybridized carbons (Fsp3) is 0.417. The molecule has 168 valence electrons. The van der Waals surface area contributed by atoms with Crippen molar-refractivity contribution in [3.05, 3.63) is 59.1 Å². The van der Waals surface area contributed by atoms with Gasteiger partial charge in [0.05, 0.1) is 7.11 Å². The Bertz CT molecular complexity index is 828. The van der Waals surface area contributed by atoms with Crippen LogP contribution in [0.2, 0.25) is 5.02 Å². The number of nitrogens with one attached hydrogen (secondary N) is 1. The van der Waals surface area contributed by atoms with E-state index in [9.17, 15) is 9.59 Å². The van der Waals surface area contributed by atoms with Crippen LogP contribution in [0, 0.1) is 0 Å². The highest BCUT2D eigenvalue weighted by Crippen LogP contribution is 2.22. The van der Waals surface area contributed by atoms with E-state index in [1.54, 1.807) is 23.8 Å². The second-order valence-corrected chi connectivity index (χ2v) is 8.70. The Balaban J connectivity index is 2.03. The molecular formula is C24H31ClN2O3S. The van der Waals surface area contributed by atoms with Crippen LogP contribution >= 0.6 is 23.4 Å². The molecule has 31 heavy (non-hydrogen) atoms. The Morgan fingerprint density at radius 2 is 1.77 bits per heavy atom. The molecule has 0 aliphatic carbocycles. The van der Waals surface area contributed by atoms with Crippen LogP contribution in [0.3, 0.4) is 0 Å². The number of nitrogens with zero attached hydrogens (tertiary/aromatic N) is 1. The van der Waals surface area contributed by atoms with Gasteiger partial charge in [-0.25, -0.2) is 0 Å². The van der Waals surface area contributed by atoms with Crippen molar-refractivity contribution in [2.45, 2.75) is 50.6 Å². The van der Waals surface area contributed by atoms with E-state index < -0.39 is 6.04 Å². The molecule has 2 amide bonds. The molecule has 1 atom stereocenters. The standard InChI is InChI=1S/C24H31ClN2O3S/c1-4-22(24(29)26-5-2)27(17-18-8-12-20(30-3)13-9-18)23(28)7-6-16-31-21-14-10-19(25)11-15-21/h8-15,22H,4-7,16-17H2,1-3H3,(H,26,29). The van der Waals surface area contributed by atoms with Crippen LogP contribution in [0.15, 0.2) is 53.4 Å². The molecule has 0 bridgehead atoms. The molecule has 7 heteroatoms. The number of thioether (sulfide) groups is 1. The van der Waals surface area contributed by atoms with E-state index in [-0.39, 0.29) is 11.8 Å². The van der Waals surface area contributed by atoms with Crippen molar-refractivity contribution < 1.29 is 14.3 Å². The number of carbonyl (C=O) groups is 2. The number of halogens is 1. The second-order valence-electron chi connectivity index (χ2n) is 7.09. The molecule has 0 fully saturated rings. The molecule has 0 aliphatic heterocycles. The molecular weight excluding hydrogens is 432 g/mol. The maximum Gasteiger partial charge on any atom is 0.242 e. The van der Waals surface area contributed by atoms with Gasteiger partial charge in [0.2, 0.25) is 11.8 Å². The van der Waals surface area contributed by atoms with E-state index >= 15 is 0 Å². The number of methoxy groups -OCH3 is 1. The van der Waals surface area contributed by atoms with Crippen molar-refractivity contribution in [3.63, 3.8) is 0 Å². The Labute approximate surface area is 194 Å². The first kappa shape index (κ1) is 25.1. The summed E-state index contributed by atoms with van der Waals surface area (Å²) in [5, 5.41) is 3.57. The van der Waals surface area contributed by atoms with E-state index in [2.05, 4.69) is 5.32 Å². The van der Waals surface area contributed by atoms with Gasteiger partial charge in [-0.15, -0.1) is 11.8 Å². The van der Waals surface area contributed by atoms with Gasteiger partial charge in [-0.05, 0) is 67.5 Å². The van der Waals surface area contributed by atoms with Crippen LogP contribution in [0.1, 0.15) is 38.7 Å². The molecule has 0 aromatic heterocycles. The van der Waals surface area contributed by atoms with E-state index in [1.165, 1.54) is 0 Å². The third kappa shape index (κ3) is 8.11. The summed E-state index contributed by atoms with van der Waals surface area (Å²) in [7, 11) is 1.62. The largest absolute Gasteiger partial charge is 0.497 e. The quantitative estimate of drug-likeness (QED) is 0.349. The summed E-state index contributed by atoms with van der Waals surface area (Å²) >= 11 is 7.62. The maximum atomic E-state index is 13.1. The SMILES string of the molecule is CCNC(=O)C(CC)N(Cc1ccc(OC)cc1)C(=O)CCCSc1ccc(Cl)cc1. The topological polar surface area (TPSA) is 58.6 Å². The first-order valence-corrected chi connectivity index (χ1v) is 11.9. The summed E-state index contributed by atoms with van der Waals surface area (Å²) in [5.41, 5.74) is 0.965. The molecule has 0 aliphatic rings. The summed E-state index contributed by atoms with van der Waals surface area (Å²) in [6, 6.07) is 14.8. The van der Waals surface area contributed by atoms with Gasteiger partial charge >= 0.3 is 0 Å². The Hall–Kier alpha value is -2.18. The van der Waals surface area contributed by atoms with Crippen LogP contribution in [-0.4, -0.2) is 42.2 Å². The lowest BCUT2D eigenvalue weighted by Crippen LogP contribution is -2.49. The fourth-order valence-electron chi connectivity index (χ4n) is 3.23.